The number of hydrogen-bond donors (Lipinski definition) is 0. The van der Waals surface area contributed by atoms with E-state index in [-0.39, 0.29) is 5.75 Å². The number of ether oxygens (including phenoxy) is 3. The number of benzene rings is 1. The summed E-state index contributed by atoms with van der Waals surface area (Å²) in [6.45, 7) is 10.0. The maximum atomic E-state index is 12.7. The number of thioether (sulfide) groups is 1. The van der Waals surface area contributed by atoms with Gasteiger partial charge in [0.05, 0.1) is 7.11 Å². The molecule has 156 valence electrons. The smallest absolute Gasteiger partial charge is 0.420 e. The summed E-state index contributed by atoms with van der Waals surface area (Å²) in [6.07, 6.45) is -1.93. The summed E-state index contributed by atoms with van der Waals surface area (Å²) < 4.78 is 15.5. The Kier molecular flexibility index (Phi) is 8.35. The first-order valence-electron chi connectivity index (χ1n) is 8.85. The first-order valence-corrected chi connectivity index (χ1v) is 9.83. The highest BCUT2D eigenvalue weighted by Crippen LogP contribution is 2.23. The maximum absolute atomic E-state index is 12.7. The number of nitrogens with zero attached hydrogens (tertiary/aromatic N) is 1. The fraction of sp³-hybridized carbons (Fsp3) is 0.550. The lowest BCUT2D eigenvalue weighted by molar-refractivity contribution is -0.145. The van der Waals surface area contributed by atoms with Crippen molar-refractivity contribution in [1.29, 1.82) is 0 Å². The molecule has 0 spiro atoms. The van der Waals surface area contributed by atoms with Gasteiger partial charge in [-0.15, -0.1) is 11.8 Å². The van der Waals surface area contributed by atoms with Gasteiger partial charge in [0, 0.05) is 10.6 Å². The van der Waals surface area contributed by atoms with Crippen molar-refractivity contribution >= 4 is 29.9 Å². The topological polar surface area (TPSA) is 82.1 Å². The Morgan fingerprint density at radius 1 is 0.929 bits per heavy atom. The zero-order valence-electron chi connectivity index (χ0n) is 17.5. The molecule has 0 heterocycles. The average molecular weight is 412 g/mol. The minimum absolute atomic E-state index is 0.0924. The lowest BCUT2D eigenvalue weighted by Gasteiger charge is -2.32. The standard InChI is InChI=1S/C20H29NO6S/c1-19(2,3)26-17(23)21(18(24)27-20(4,5)6)15(16(22)25-7)13-28-14-11-9-8-10-12-14/h8-12,15H,13H2,1-7H3. The fourth-order valence-electron chi connectivity index (χ4n) is 2.03. The predicted octanol–water partition coefficient (Wildman–Crippen LogP) is 4.49. The molecule has 0 bridgehead atoms. The first-order chi connectivity index (χ1) is 12.8. The third-order valence-electron chi connectivity index (χ3n) is 3.12. The molecular weight excluding hydrogens is 382 g/mol. The van der Waals surface area contributed by atoms with Crippen LogP contribution >= 0.6 is 11.8 Å². The van der Waals surface area contributed by atoms with Crippen LogP contribution in [0, 0.1) is 0 Å². The Balaban J connectivity index is 3.18. The van der Waals surface area contributed by atoms with Gasteiger partial charge in [-0.1, -0.05) is 18.2 Å². The third kappa shape index (κ3) is 8.21. The van der Waals surface area contributed by atoms with Crippen LogP contribution in [0.25, 0.3) is 0 Å². The lowest BCUT2D eigenvalue weighted by atomic mass is 10.2. The second kappa shape index (κ2) is 9.82. The van der Waals surface area contributed by atoms with Crippen LogP contribution in [0.1, 0.15) is 41.5 Å². The van der Waals surface area contributed by atoms with E-state index in [0.29, 0.717) is 4.90 Å². The van der Waals surface area contributed by atoms with Gasteiger partial charge < -0.3 is 14.2 Å². The van der Waals surface area contributed by atoms with Crippen LogP contribution in [0.15, 0.2) is 35.2 Å². The zero-order valence-corrected chi connectivity index (χ0v) is 18.3. The van der Waals surface area contributed by atoms with E-state index in [2.05, 4.69) is 0 Å². The van der Waals surface area contributed by atoms with Gasteiger partial charge >= 0.3 is 18.2 Å². The highest BCUT2D eigenvalue weighted by atomic mass is 32.2. The number of imide groups is 1. The quantitative estimate of drug-likeness (QED) is 0.401. The van der Waals surface area contributed by atoms with Gasteiger partial charge in [-0.25, -0.2) is 14.4 Å². The molecule has 0 radical (unpaired) electrons. The molecule has 0 N–H and O–H groups in total. The van der Waals surface area contributed by atoms with Crippen molar-refractivity contribution in [3.63, 3.8) is 0 Å². The maximum Gasteiger partial charge on any atom is 0.420 e. The minimum Gasteiger partial charge on any atom is -0.467 e. The molecule has 0 aromatic heterocycles. The molecule has 1 aromatic rings. The van der Waals surface area contributed by atoms with Crippen LogP contribution in [0.2, 0.25) is 0 Å². The van der Waals surface area contributed by atoms with E-state index in [1.807, 2.05) is 30.3 Å². The monoisotopic (exact) mass is 411 g/mol. The Hall–Kier alpha value is -2.22. The van der Waals surface area contributed by atoms with Crippen molar-refractivity contribution in [2.45, 2.75) is 63.7 Å². The van der Waals surface area contributed by atoms with E-state index >= 15 is 0 Å². The van der Waals surface area contributed by atoms with Gasteiger partial charge in [-0.3, -0.25) is 0 Å². The largest absolute Gasteiger partial charge is 0.467 e. The number of amides is 2. The van der Waals surface area contributed by atoms with Crippen molar-refractivity contribution in [3.05, 3.63) is 30.3 Å². The van der Waals surface area contributed by atoms with Crippen LogP contribution in [-0.4, -0.2) is 53.2 Å². The van der Waals surface area contributed by atoms with Crippen molar-refractivity contribution in [3.8, 4) is 0 Å². The van der Waals surface area contributed by atoms with Crippen LogP contribution in [0.4, 0.5) is 9.59 Å². The van der Waals surface area contributed by atoms with Gasteiger partial charge in [-0.05, 0) is 53.7 Å². The molecule has 0 fully saturated rings. The molecular formula is C20H29NO6S. The summed E-state index contributed by atoms with van der Waals surface area (Å²) in [5, 5.41) is 0. The van der Waals surface area contributed by atoms with Gasteiger partial charge in [0.25, 0.3) is 0 Å². The molecule has 0 aliphatic carbocycles. The number of esters is 1. The SMILES string of the molecule is COC(=O)C(CSc1ccccc1)N(C(=O)OC(C)(C)C)C(=O)OC(C)(C)C. The van der Waals surface area contributed by atoms with Crippen molar-refractivity contribution < 1.29 is 28.6 Å². The molecule has 28 heavy (non-hydrogen) atoms. The second-order valence-corrected chi connectivity index (χ2v) is 9.09. The predicted molar refractivity (Wildman–Crippen MR) is 107 cm³/mol. The molecule has 1 aromatic carbocycles. The zero-order chi connectivity index (χ0) is 21.5. The second-order valence-electron chi connectivity index (χ2n) is 7.99. The number of hydrogen-bond acceptors (Lipinski definition) is 7. The number of methoxy groups -OCH3 is 1. The Morgan fingerprint density at radius 2 is 1.39 bits per heavy atom. The van der Waals surface area contributed by atoms with Gasteiger partial charge in [0.15, 0.2) is 6.04 Å². The Bertz CT molecular complexity index is 650. The van der Waals surface area contributed by atoms with Gasteiger partial charge in [0.1, 0.15) is 11.2 Å². The first kappa shape index (κ1) is 23.8. The molecule has 0 aliphatic rings. The lowest BCUT2D eigenvalue weighted by Crippen LogP contribution is -2.53. The van der Waals surface area contributed by atoms with Crippen molar-refractivity contribution in [1.82, 2.24) is 4.90 Å². The molecule has 0 saturated heterocycles. The number of carbonyl (C=O) groups excluding carboxylic acids is 3. The molecule has 1 atom stereocenters. The van der Waals surface area contributed by atoms with Crippen LogP contribution in [0.5, 0.6) is 0 Å². The van der Waals surface area contributed by atoms with Crippen LogP contribution in [-0.2, 0) is 19.0 Å². The summed E-state index contributed by atoms with van der Waals surface area (Å²) in [6, 6.07) is 8.11. The fourth-order valence-corrected chi connectivity index (χ4v) is 3.01. The van der Waals surface area contributed by atoms with Gasteiger partial charge in [-0.2, -0.15) is 4.90 Å². The van der Waals surface area contributed by atoms with Crippen molar-refractivity contribution in [2.75, 3.05) is 12.9 Å². The molecule has 0 saturated carbocycles. The van der Waals surface area contributed by atoms with E-state index in [4.69, 9.17) is 14.2 Å². The van der Waals surface area contributed by atoms with Gasteiger partial charge in [0.2, 0.25) is 0 Å². The Morgan fingerprint density at radius 3 is 1.79 bits per heavy atom. The van der Waals surface area contributed by atoms with E-state index in [9.17, 15) is 14.4 Å². The summed E-state index contributed by atoms with van der Waals surface area (Å²) in [5.41, 5.74) is -1.71. The molecule has 0 aliphatic heterocycles. The van der Waals surface area contributed by atoms with E-state index in [1.165, 1.54) is 18.9 Å². The molecule has 7 nitrogen and oxygen atoms in total. The average Bonchev–Trinajstić information content (AvgIpc) is 2.55. The molecule has 1 unspecified atom stereocenters. The Labute approximate surface area is 170 Å². The number of carbonyl (C=O) groups is 3. The van der Waals surface area contributed by atoms with E-state index in [1.54, 1.807) is 41.5 Å². The number of rotatable bonds is 5. The molecule has 2 amide bonds. The normalized spacial score (nSPS) is 12.7. The summed E-state index contributed by atoms with van der Waals surface area (Å²) in [4.78, 5) is 39.5. The highest BCUT2D eigenvalue weighted by molar-refractivity contribution is 7.99. The molecule has 8 heteroatoms. The van der Waals surface area contributed by atoms with Crippen LogP contribution < -0.4 is 0 Å². The summed E-state index contributed by atoms with van der Waals surface area (Å²) in [7, 11) is 1.20. The molecule has 1 rings (SSSR count). The van der Waals surface area contributed by atoms with E-state index < -0.39 is 35.4 Å². The van der Waals surface area contributed by atoms with Crippen molar-refractivity contribution in [2.24, 2.45) is 0 Å². The summed E-state index contributed by atoms with van der Waals surface area (Å²) in [5.74, 6) is -0.644. The third-order valence-corrected chi connectivity index (χ3v) is 4.20. The minimum atomic E-state index is -1.21. The highest BCUT2D eigenvalue weighted by Gasteiger charge is 2.40. The van der Waals surface area contributed by atoms with E-state index in [0.717, 1.165) is 4.90 Å². The van der Waals surface area contributed by atoms with Crippen LogP contribution in [0.3, 0.4) is 0 Å². The summed E-state index contributed by atoms with van der Waals surface area (Å²) >= 11 is 1.31.